The molecule has 2 heterocycles. The molecule has 3 N–H and O–H groups in total. The Balaban J connectivity index is 1.49. The maximum atomic E-state index is 14.5. The Morgan fingerprint density at radius 3 is 2.65 bits per heavy atom. The molecule has 2 fully saturated rings. The summed E-state index contributed by atoms with van der Waals surface area (Å²) in [4.78, 5) is 18.0. The van der Waals surface area contributed by atoms with Gasteiger partial charge >= 0.3 is 0 Å². The molecular weight excluding hydrogens is 471 g/mol. The van der Waals surface area contributed by atoms with Crippen LogP contribution in [0.5, 0.6) is 11.5 Å². The summed E-state index contributed by atoms with van der Waals surface area (Å²) >= 11 is 0. The molecule has 3 aromatic carbocycles. The van der Waals surface area contributed by atoms with Gasteiger partial charge in [-0.25, -0.2) is 4.39 Å². The Morgan fingerprint density at radius 1 is 1.08 bits per heavy atom. The minimum Gasteiger partial charge on any atom is -0.508 e. The number of hydrogen-bond acceptors (Lipinski definition) is 6. The molecule has 0 aliphatic carbocycles. The molecule has 2 aliphatic rings. The number of hydrogen-bond donors (Lipinski definition) is 3. The van der Waals surface area contributed by atoms with Gasteiger partial charge in [0.25, 0.3) is 0 Å². The van der Waals surface area contributed by atoms with E-state index in [2.05, 4.69) is 15.9 Å². The molecule has 1 radical (unpaired) electrons. The lowest BCUT2D eigenvalue weighted by Gasteiger charge is -2.55. The van der Waals surface area contributed by atoms with Gasteiger partial charge < -0.3 is 15.3 Å². The second-order valence-corrected chi connectivity index (χ2v) is 10.2. The summed E-state index contributed by atoms with van der Waals surface area (Å²) in [5.74, 6) is -0.526. The fourth-order valence-corrected chi connectivity index (χ4v) is 6.07. The average molecular weight is 504 g/mol. The maximum absolute atomic E-state index is 14.5. The number of phenolic OH excluding ortho intramolecular Hbond substituents is 2. The Morgan fingerprint density at radius 2 is 1.89 bits per heavy atom. The van der Waals surface area contributed by atoms with Gasteiger partial charge in [-0.1, -0.05) is 36.4 Å². The molecule has 2 aliphatic heterocycles. The van der Waals surface area contributed by atoms with Crippen LogP contribution >= 0.6 is 0 Å². The van der Waals surface area contributed by atoms with Gasteiger partial charge in [0.1, 0.15) is 17.3 Å². The van der Waals surface area contributed by atoms with E-state index >= 15 is 0 Å². The lowest BCUT2D eigenvalue weighted by atomic mass is 9.78. The third kappa shape index (κ3) is 4.99. The summed E-state index contributed by atoms with van der Waals surface area (Å²) < 4.78 is 14.5. The highest BCUT2D eigenvalue weighted by Gasteiger charge is 2.47. The molecule has 4 atom stereocenters. The number of aliphatic hydroxyl groups is 1. The molecule has 0 saturated carbocycles. The summed E-state index contributed by atoms with van der Waals surface area (Å²) in [6, 6.07) is 19.5. The number of halogens is 1. The molecule has 0 bridgehead atoms. The van der Waals surface area contributed by atoms with E-state index in [1.54, 1.807) is 43.3 Å². The predicted octanol–water partition coefficient (Wildman–Crippen LogP) is 4.05. The molecule has 2 saturated heterocycles. The molecule has 5 rings (SSSR count). The van der Waals surface area contributed by atoms with Crippen LogP contribution in [0.2, 0.25) is 0 Å². The molecule has 37 heavy (non-hydrogen) atoms. The van der Waals surface area contributed by atoms with E-state index in [-0.39, 0.29) is 53.6 Å². The number of aromatic hydroxyl groups is 2. The molecular formula is C30H32FN2O4. The number of β-amino-alcohol motifs (C(OH)–C–C–N with tert-alkyl or cyclic N) is 1. The third-order valence-electron chi connectivity index (χ3n) is 7.96. The van der Waals surface area contributed by atoms with Crippen LogP contribution in [0.15, 0.2) is 60.7 Å². The number of carbonyl (C=O) groups is 1. The first kappa shape index (κ1) is 25.4. The zero-order valence-electron chi connectivity index (χ0n) is 20.8. The van der Waals surface area contributed by atoms with Gasteiger partial charge in [-0.2, -0.15) is 0 Å². The van der Waals surface area contributed by atoms with Crippen molar-refractivity contribution >= 4 is 5.78 Å². The van der Waals surface area contributed by atoms with Crippen LogP contribution in [0.25, 0.3) is 0 Å². The van der Waals surface area contributed by atoms with Gasteiger partial charge in [-0.15, -0.1) is 0 Å². The van der Waals surface area contributed by atoms with Crippen molar-refractivity contribution in [3.05, 3.63) is 94.8 Å². The monoisotopic (exact) mass is 503 g/mol. The fourth-order valence-electron chi connectivity index (χ4n) is 6.07. The van der Waals surface area contributed by atoms with Gasteiger partial charge in [-0.3, -0.25) is 14.6 Å². The Bertz CT molecular complexity index is 1280. The van der Waals surface area contributed by atoms with Crippen LogP contribution in [0.3, 0.4) is 0 Å². The average Bonchev–Trinajstić information content (AvgIpc) is 2.88. The number of likely N-dealkylation sites (tertiary alicyclic amines) is 2. The van der Waals surface area contributed by atoms with Crippen molar-refractivity contribution in [2.45, 2.75) is 31.3 Å². The van der Waals surface area contributed by atoms with E-state index in [1.165, 1.54) is 12.1 Å². The molecule has 2 unspecified atom stereocenters. The van der Waals surface area contributed by atoms with Crippen molar-refractivity contribution in [3.63, 3.8) is 0 Å². The van der Waals surface area contributed by atoms with E-state index in [0.717, 1.165) is 11.1 Å². The molecule has 6 nitrogen and oxygen atoms in total. The molecule has 0 aromatic heterocycles. The third-order valence-corrected chi connectivity index (χ3v) is 7.96. The van der Waals surface area contributed by atoms with Crippen molar-refractivity contribution in [3.8, 4) is 11.5 Å². The van der Waals surface area contributed by atoms with Gasteiger partial charge in [-0.05, 0) is 60.4 Å². The number of Topliss-reactive ketones (excluding diaryl/α,β-unsaturated/α-hetero) is 1. The quantitative estimate of drug-likeness (QED) is 0.422. The highest BCUT2D eigenvalue weighted by Crippen LogP contribution is 2.43. The number of aliphatic hydroxyl groups excluding tert-OH is 1. The van der Waals surface area contributed by atoms with Crippen LogP contribution in [-0.4, -0.2) is 69.7 Å². The standard InChI is InChI=1S/C30H32FN2O4/c1-19-24(9-5-10-26(19)31)29-27(18-32(29)12-13-34)33-16-21(25-8-2-3-11-28(25)36)14-22(17-33)30(37)20-6-4-7-23(35)15-20/h2,4-11,15,21-22,27,29,34-36H,12-14,16-18H2,1H3/t21?,22?,27-,29-/m1/s1. The highest BCUT2D eigenvalue weighted by atomic mass is 19.1. The first-order valence-electron chi connectivity index (χ1n) is 12.7. The number of piperidine rings is 1. The minimum atomic E-state index is -0.342. The first-order valence-corrected chi connectivity index (χ1v) is 12.7. The number of benzene rings is 3. The topological polar surface area (TPSA) is 84.2 Å². The number of ketones is 1. The summed E-state index contributed by atoms with van der Waals surface area (Å²) in [6.45, 7) is 4.12. The number of nitrogens with zero attached hydrogens (tertiary/aromatic N) is 2. The van der Waals surface area contributed by atoms with Crippen molar-refractivity contribution in [2.24, 2.45) is 5.92 Å². The summed E-state index contributed by atoms with van der Waals surface area (Å²) in [6.07, 6.45) is 0.569. The largest absolute Gasteiger partial charge is 0.508 e. The van der Waals surface area contributed by atoms with Crippen molar-refractivity contribution in [1.29, 1.82) is 0 Å². The fraction of sp³-hybridized carbons (Fsp3) is 0.367. The number of carbonyl (C=O) groups excluding carboxylic acids is 1. The maximum Gasteiger partial charge on any atom is 0.167 e. The second-order valence-electron chi connectivity index (χ2n) is 10.2. The first-order chi connectivity index (χ1) is 17.9. The predicted molar refractivity (Wildman–Crippen MR) is 138 cm³/mol. The normalized spacial score (nSPS) is 24.5. The Kier molecular flexibility index (Phi) is 7.29. The Labute approximate surface area is 216 Å². The molecule has 0 spiro atoms. The number of phenols is 2. The smallest absolute Gasteiger partial charge is 0.167 e. The molecule has 0 amide bonds. The van der Waals surface area contributed by atoms with Gasteiger partial charge in [0.2, 0.25) is 0 Å². The molecule has 3 aromatic rings. The Hall–Kier alpha value is -3.26. The SMILES string of the molecule is Cc1c(F)cccc1[C@@H]1[C@H](N2CC(C(=O)c3cccc(O)c3)CC(c3cc[c]cc3O)C2)CN1CCO. The zero-order chi connectivity index (χ0) is 26.1. The van der Waals surface area contributed by atoms with Crippen molar-refractivity contribution in [2.75, 3.05) is 32.8 Å². The lowest BCUT2D eigenvalue weighted by Crippen LogP contribution is -2.64. The van der Waals surface area contributed by atoms with Crippen molar-refractivity contribution in [1.82, 2.24) is 9.80 Å². The van der Waals surface area contributed by atoms with Crippen LogP contribution in [0.4, 0.5) is 4.39 Å². The number of rotatable bonds is 7. The van der Waals surface area contributed by atoms with E-state index in [0.29, 0.717) is 43.7 Å². The van der Waals surface area contributed by atoms with E-state index in [1.807, 2.05) is 12.1 Å². The van der Waals surface area contributed by atoms with E-state index < -0.39 is 0 Å². The molecule has 193 valence electrons. The van der Waals surface area contributed by atoms with Crippen LogP contribution in [0, 0.1) is 24.7 Å². The van der Waals surface area contributed by atoms with Gasteiger partial charge in [0, 0.05) is 49.6 Å². The van der Waals surface area contributed by atoms with Gasteiger partial charge in [0.05, 0.1) is 12.6 Å². The lowest BCUT2D eigenvalue weighted by molar-refractivity contribution is -0.0544. The van der Waals surface area contributed by atoms with E-state index in [4.69, 9.17) is 0 Å². The van der Waals surface area contributed by atoms with E-state index in [9.17, 15) is 24.5 Å². The summed E-state index contributed by atoms with van der Waals surface area (Å²) in [7, 11) is 0. The zero-order valence-corrected chi connectivity index (χ0v) is 20.8. The minimum absolute atomic E-state index is 0.00715. The van der Waals surface area contributed by atoms with Crippen LogP contribution < -0.4 is 0 Å². The summed E-state index contributed by atoms with van der Waals surface area (Å²) in [5.41, 5.74) is 2.73. The van der Waals surface area contributed by atoms with Gasteiger partial charge in [0.15, 0.2) is 5.78 Å². The van der Waals surface area contributed by atoms with Crippen LogP contribution in [-0.2, 0) is 0 Å². The summed E-state index contributed by atoms with van der Waals surface area (Å²) in [5, 5.41) is 30.2. The molecule has 7 heteroatoms. The highest BCUT2D eigenvalue weighted by molar-refractivity contribution is 5.98. The van der Waals surface area contributed by atoms with Crippen LogP contribution in [0.1, 0.15) is 45.4 Å². The van der Waals surface area contributed by atoms with Crippen molar-refractivity contribution < 1.29 is 24.5 Å². The second kappa shape index (κ2) is 10.6.